The second kappa shape index (κ2) is 7.88. The topological polar surface area (TPSA) is 26.0 Å². The molecule has 0 amide bonds. The molecule has 0 aliphatic carbocycles. The molecule has 152 valence electrons. The number of aryl methyl sites for hydroxylation is 1. The average molecular weight is 405 g/mol. The second-order valence-electron chi connectivity index (χ2n) is 8.12. The Hall–Kier alpha value is -3.65. The van der Waals surface area contributed by atoms with Crippen LogP contribution in [0.3, 0.4) is 0 Å². The lowest BCUT2D eigenvalue weighted by Crippen LogP contribution is -1.91. The van der Waals surface area contributed by atoms with Gasteiger partial charge in [0, 0.05) is 35.2 Å². The maximum atomic E-state index is 8.43. The highest BCUT2D eigenvalue weighted by Gasteiger charge is 2.18. The minimum atomic E-state index is -0.684. The van der Waals surface area contributed by atoms with Gasteiger partial charge in [0.1, 0.15) is 11.3 Å². The number of hydrogen-bond donors (Lipinski definition) is 0. The molecule has 0 N–H and O–H groups in total. The van der Waals surface area contributed by atoms with Crippen LogP contribution in [0.4, 0.5) is 0 Å². The normalized spacial score (nSPS) is 12.2. The molecule has 0 saturated carbocycles. The van der Waals surface area contributed by atoms with E-state index in [1.165, 1.54) is 0 Å². The first-order valence-electron chi connectivity index (χ1n) is 11.1. The monoisotopic (exact) mass is 404 g/mol. The van der Waals surface area contributed by atoms with Gasteiger partial charge in [-0.15, -0.1) is 0 Å². The van der Waals surface area contributed by atoms with Crippen molar-refractivity contribution in [1.82, 2.24) is 4.98 Å². The Balaban J connectivity index is 1.79. The quantitative estimate of drug-likeness (QED) is 0.301. The molecule has 0 unspecified atom stereocenters. The van der Waals surface area contributed by atoms with Gasteiger partial charge < -0.3 is 4.42 Å². The molecule has 0 fully saturated rings. The van der Waals surface area contributed by atoms with Crippen molar-refractivity contribution in [2.75, 3.05) is 0 Å². The van der Waals surface area contributed by atoms with E-state index in [9.17, 15) is 0 Å². The van der Waals surface area contributed by atoms with Crippen LogP contribution in [0.2, 0.25) is 0 Å². The molecular weight excluding hydrogens is 378 g/mol. The molecule has 2 aromatic heterocycles. The Morgan fingerprint density at radius 2 is 1.48 bits per heavy atom. The third-order valence-electron chi connectivity index (χ3n) is 5.79. The largest absolute Gasteiger partial charge is 0.455 e. The number of pyridine rings is 1. The summed E-state index contributed by atoms with van der Waals surface area (Å²) in [6.07, 6.45) is 1.80. The van der Waals surface area contributed by atoms with Gasteiger partial charge in [0.05, 0.1) is 5.69 Å². The third kappa shape index (κ3) is 3.55. The Morgan fingerprint density at radius 3 is 2.16 bits per heavy atom. The molecule has 0 bridgehead atoms. The summed E-state index contributed by atoms with van der Waals surface area (Å²) in [6, 6.07) is 28.8. The summed E-state index contributed by atoms with van der Waals surface area (Å²) in [4.78, 5) is 4.65. The van der Waals surface area contributed by atoms with Crippen molar-refractivity contribution >= 4 is 11.0 Å². The Labute approximate surface area is 184 Å². The molecule has 5 rings (SSSR count). The van der Waals surface area contributed by atoms with Crippen LogP contribution in [0.15, 0.2) is 95.5 Å². The highest BCUT2D eigenvalue weighted by atomic mass is 16.3. The smallest absolute Gasteiger partial charge is 0.142 e. The highest BCUT2D eigenvalue weighted by Crippen LogP contribution is 2.41. The summed E-state index contributed by atoms with van der Waals surface area (Å²) in [6.45, 7) is 5.91. The number of hydrogen-bond acceptors (Lipinski definition) is 2. The molecule has 3 aromatic carbocycles. The lowest BCUT2D eigenvalue weighted by atomic mass is 9.95. The van der Waals surface area contributed by atoms with Crippen molar-refractivity contribution in [2.45, 2.75) is 26.7 Å². The van der Waals surface area contributed by atoms with Crippen LogP contribution in [0.5, 0.6) is 0 Å². The van der Waals surface area contributed by atoms with E-state index < -0.39 is 5.89 Å². The molecule has 31 heavy (non-hydrogen) atoms. The van der Waals surface area contributed by atoms with Gasteiger partial charge in [-0.25, -0.2) is 0 Å². The van der Waals surface area contributed by atoms with Crippen molar-refractivity contribution in [3.8, 4) is 33.7 Å². The zero-order chi connectivity index (χ0) is 22.3. The predicted molar refractivity (Wildman–Crippen MR) is 129 cm³/mol. The minimum Gasteiger partial charge on any atom is -0.455 e. The van der Waals surface area contributed by atoms with Gasteiger partial charge in [0.15, 0.2) is 0 Å². The summed E-state index contributed by atoms with van der Waals surface area (Å²) in [5.41, 5.74) is 8.03. The molecule has 0 spiro atoms. The molecule has 2 heteroatoms. The Kier molecular flexibility index (Phi) is 4.61. The summed E-state index contributed by atoms with van der Waals surface area (Å²) >= 11 is 0. The highest BCUT2D eigenvalue weighted by molar-refractivity contribution is 6.00. The standard InChI is InChI=1S/C29H25NO/c1-19(2)23-14-15-30-27(18-23)24-16-25-20(3)28(22-12-8-5-9-13-22)31-29(25)26(17-24)21-10-6-4-7-11-21/h4-19H,1-3H3/i19D. The molecule has 2 heterocycles. The summed E-state index contributed by atoms with van der Waals surface area (Å²) in [5.74, 6) is 0.208. The Bertz CT molecular complexity index is 1400. The van der Waals surface area contributed by atoms with E-state index in [2.05, 4.69) is 48.3 Å². The van der Waals surface area contributed by atoms with Crippen molar-refractivity contribution in [2.24, 2.45) is 0 Å². The first kappa shape index (κ1) is 18.1. The summed E-state index contributed by atoms with van der Waals surface area (Å²) < 4.78 is 14.9. The van der Waals surface area contributed by atoms with Crippen LogP contribution >= 0.6 is 0 Å². The number of fused-ring (bicyclic) bond motifs is 1. The van der Waals surface area contributed by atoms with E-state index in [-0.39, 0.29) is 0 Å². The van der Waals surface area contributed by atoms with Gasteiger partial charge in [-0.1, -0.05) is 74.5 Å². The van der Waals surface area contributed by atoms with Crippen LogP contribution in [-0.4, -0.2) is 4.98 Å². The molecule has 5 aromatic rings. The van der Waals surface area contributed by atoms with E-state index in [4.69, 9.17) is 5.79 Å². The van der Waals surface area contributed by atoms with Crippen molar-refractivity contribution < 1.29 is 5.79 Å². The van der Waals surface area contributed by atoms with Crippen molar-refractivity contribution in [3.05, 3.63) is 102 Å². The lowest BCUT2D eigenvalue weighted by Gasteiger charge is -2.10. The van der Waals surface area contributed by atoms with Crippen molar-refractivity contribution in [3.63, 3.8) is 0 Å². The zero-order valence-electron chi connectivity index (χ0n) is 19.0. The lowest BCUT2D eigenvalue weighted by molar-refractivity contribution is 0.630. The number of benzene rings is 3. The van der Waals surface area contributed by atoms with Gasteiger partial charge in [-0.2, -0.15) is 0 Å². The second-order valence-corrected chi connectivity index (χ2v) is 8.12. The fourth-order valence-electron chi connectivity index (χ4n) is 4.06. The third-order valence-corrected chi connectivity index (χ3v) is 5.79. The number of aromatic nitrogens is 1. The summed E-state index contributed by atoms with van der Waals surface area (Å²) in [7, 11) is 0. The van der Waals surface area contributed by atoms with Gasteiger partial charge in [-0.05, 0) is 48.2 Å². The zero-order valence-corrected chi connectivity index (χ0v) is 18.0. The van der Waals surface area contributed by atoms with E-state index in [0.29, 0.717) is 0 Å². The van der Waals surface area contributed by atoms with Crippen LogP contribution in [0.25, 0.3) is 44.7 Å². The SMILES string of the molecule is [2H]C(C)(C)c1ccnc(-c2cc(-c3ccccc3)c3oc(-c4ccccc4)c(C)c3c2)c1. The van der Waals surface area contributed by atoms with Crippen LogP contribution in [0, 0.1) is 6.92 Å². The van der Waals surface area contributed by atoms with E-state index in [1.807, 2.05) is 62.4 Å². The predicted octanol–water partition coefficient (Wildman–Crippen LogP) is 8.26. The molecule has 0 aliphatic heterocycles. The maximum absolute atomic E-state index is 8.43. The Morgan fingerprint density at radius 1 is 0.806 bits per heavy atom. The van der Waals surface area contributed by atoms with Crippen LogP contribution in [0.1, 0.15) is 32.2 Å². The number of rotatable bonds is 4. The summed E-state index contributed by atoms with van der Waals surface area (Å²) in [5, 5.41) is 1.08. The molecule has 0 saturated heterocycles. The van der Waals surface area contributed by atoms with E-state index in [0.717, 1.165) is 55.8 Å². The van der Waals surface area contributed by atoms with E-state index >= 15 is 0 Å². The van der Waals surface area contributed by atoms with Gasteiger partial charge in [0.2, 0.25) is 0 Å². The number of nitrogens with zero attached hydrogens (tertiary/aromatic N) is 1. The molecule has 0 radical (unpaired) electrons. The molecular formula is C29H25NO. The van der Waals surface area contributed by atoms with Gasteiger partial charge >= 0.3 is 0 Å². The van der Waals surface area contributed by atoms with Gasteiger partial charge in [-0.3, -0.25) is 4.98 Å². The van der Waals surface area contributed by atoms with Crippen molar-refractivity contribution in [1.29, 1.82) is 0 Å². The van der Waals surface area contributed by atoms with Gasteiger partial charge in [0.25, 0.3) is 0 Å². The molecule has 0 aliphatic rings. The first-order valence-corrected chi connectivity index (χ1v) is 10.6. The first-order chi connectivity index (χ1) is 15.4. The molecule has 2 nitrogen and oxygen atoms in total. The van der Waals surface area contributed by atoms with Crippen LogP contribution < -0.4 is 0 Å². The fraction of sp³-hybridized carbons (Fsp3) is 0.138. The maximum Gasteiger partial charge on any atom is 0.142 e. The fourth-order valence-corrected chi connectivity index (χ4v) is 4.06. The average Bonchev–Trinajstić information content (AvgIpc) is 3.15. The van der Waals surface area contributed by atoms with E-state index in [1.54, 1.807) is 6.20 Å². The van der Waals surface area contributed by atoms with Crippen LogP contribution in [-0.2, 0) is 0 Å². The minimum absolute atomic E-state index is 0.684. The number of furan rings is 1. The molecule has 0 atom stereocenters.